The zero-order valence-electron chi connectivity index (χ0n) is 16.8. The van der Waals surface area contributed by atoms with Crippen molar-refractivity contribution in [2.24, 2.45) is 15.4 Å². The van der Waals surface area contributed by atoms with E-state index in [0.717, 1.165) is 12.8 Å². The van der Waals surface area contributed by atoms with E-state index < -0.39 is 40.6 Å². The maximum Gasteiger partial charge on any atom is 0.335 e. The molecule has 1 aliphatic carbocycles. The van der Waals surface area contributed by atoms with Gasteiger partial charge in [0.2, 0.25) is 0 Å². The maximum atomic E-state index is 12.2. The molecule has 8 heteroatoms. The number of hydrogen-bond acceptors (Lipinski definition) is 8. The van der Waals surface area contributed by atoms with Crippen molar-refractivity contribution in [2.75, 3.05) is 13.2 Å². The predicted octanol–water partition coefficient (Wildman–Crippen LogP) is 2.04. The highest BCUT2D eigenvalue weighted by atomic mass is 16.6. The zero-order valence-corrected chi connectivity index (χ0v) is 16.8. The van der Waals surface area contributed by atoms with Crippen molar-refractivity contribution in [1.29, 1.82) is 0 Å². The minimum absolute atomic E-state index is 0.148. The standard InChI is InChI=1S/C19H28N2O6/c1-17(2,3)26-13(22)11-9-24-15(20-11)19(7-8-19)16-21-12(10-25-16)14(23)27-18(4,5)6/h11-12H,7-10H2,1-6H3/t11-,12-/m0/s1. The number of carbonyl (C=O) groups excluding carboxylic acids is 2. The van der Waals surface area contributed by atoms with E-state index in [1.165, 1.54) is 0 Å². The molecule has 0 aromatic carbocycles. The number of nitrogens with zero attached hydrogens (tertiary/aromatic N) is 2. The molecule has 3 rings (SSSR count). The van der Waals surface area contributed by atoms with Gasteiger partial charge in [-0.1, -0.05) is 0 Å². The maximum absolute atomic E-state index is 12.2. The van der Waals surface area contributed by atoms with Crippen molar-refractivity contribution in [1.82, 2.24) is 0 Å². The number of hydrogen-bond donors (Lipinski definition) is 0. The number of ether oxygens (including phenoxy) is 4. The first-order chi connectivity index (χ1) is 12.4. The molecule has 8 nitrogen and oxygen atoms in total. The van der Waals surface area contributed by atoms with Gasteiger partial charge < -0.3 is 18.9 Å². The first-order valence-electron chi connectivity index (χ1n) is 9.27. The summed E-state index contributed by atoms with van der Waals surface area (Å²) in [6.07, 6.45) is 1.51. The molecule has 0 spiro atoms. The van der Waals surface area contributed by atoms with E-state index in [1.54, 1.807) is 0 Å². The molecule has 2 aliphatic heterocycles. The van der Waals surface area contributed by atoms with Crippen LogP contribution in [0.2, 0.25) is 0 Å². The van der Waals surface area contributed by atoms with Crippen LogP contribution in [0.1, 0.15) is 54.4 Å². The van der Waals surface area contributed by atoms with E-state index >= 15 is 0 Å². The van der Waals surface area contributed by atoms with E-state index in [2.05, 4.69) is 9.98 Å². The molecule has 27 heavy (non-hydrogen) atoms. The summed E-state index contributed by atoms with van der Waals surface area (Å²) in [6, 6.07) is -1.36. The first-order valence-corrected chi connectivity index (χ1v) is 9.27. The fourth-order valence-corrected chi connectivity index (χ4v) is 2.90. The van der Waals surface area contributed by atoms with Crippen molar-refractivity contribution in [3.63, 3.8) is 0 Å². The van der Waals surface area contributed by atoms with Gasteiger partial charge in [-0.15, -0.1) is 0 Å². The minimum atomic E-state index is -0.680. The highest BCUT2D eigenvalue weighted by Gasteiger charge is 2.59. The van der Waals surface area contributed by atoms with Crippen LogP contribution in [-0.2, 0) is 28.5 Å². The van der Waals surface area contributed by atoms with Gasteiger partial charge in [-0.2, -0.15) is 0 Å². The van der Waals surface area contributed by atoms with Gasteiger partial charge in [0, 0.05) is 0 Å². The molecule has 0 unspecified atom stereocenters. The summed E-state index contributed by atoms with van der Waals surface area (Å²) in [5.41, 5.74) is -1.72. The molecule has 2 atom stereocenters. The number of esters is 2. The SMILES string of the molecule is CC(C)(C)OC(=O)[C@@H]1COC(C2(C3=N[C@H](C(=O)OC(C)(C)C)CO3)CC2)=N1. The lowest BCUT2D eigenvalue weighted by atomic mass is 10.1. The van der Waals surface area contributed by atoms with Crippen LogP contribution in [0.4, 0.5) is 0 Å². The van der Waals surface area contributed by atoms with Crippen LogP contribution in [-0.4, -0.2) is 60.2 Å². The molecule has 0 radical (unpaired) electrons. The largest absolute Gasteiger partial charge is 0.477 e. The highest BCUT2D eigenvalue weighted by Crippen LogP contribution is 2.51. The number of aliphatic imine (C=N–C) groups is 2. The summed E-state index contributed by atoms with van der Waals surface area (Å²) in [7, 11) is 0. The molecule has 0 amide bonds. The van der Waals surface area contributed by atoms with E-state index in [-0.39, 0.29) is 13.2 Å². The highest BCUT2D eigenvalue weighted by molar-refractivity contribution is 6.10. The summed E-state index contributed by atoms with van der Waals surface area (Å²) in [4.78, 5) is 33.3. The molecule has 2 heterocycles. The fraction of sp³-hybridized carbons (Fsp3) is 0.789. The molecule has 1 saturated carbocycles. The molecule has 0 saturated heterocycles. The van der Waals surface area contributed by atoms with E-state index in [0.29, 0.717) is 11.8 Å². The Morgan fingerprint density at radius 3 is 1.52 bits per heavy atom. The first kappa shape index (κ1) is 19.6. The average molecular weight is 380 g/mol. The van der Waals surface area contributed by atoms with E-state index in [9.17, 15) is 9.59 Å². The third kappa shape index (κ3) is 4.42. The van der Waals surface area contributed by atoms with Gasteiger partial charge in [-0.25, -0.2) is 19.6 Å². The Balaban J connectivity index is 1.69. The molecule has 0 aromatic rings. The topological polar surface area (TPSA) is 95.8 Å². The third-order valence-corrected chi connectivity index (χ3v) is 4.23. The van der Waals surface area contributed by atoms with Crippen LogP contribution in [0.3, 0.4) is 0 Å². The fourth-order valence-electron chi connectivity index (χ4n) is 2.90. The summed E-state index contributed by atoms with van der Waals surface area (Å²) in [6.45, 7) is 11.2. The lowest BCUT2D eigenvalue weighted by Crippen LogP contribution is -2.31. The third-order valence-electron chi connectivity index (χ3n) is 4.23. The number of carbonyl (C=O) groups is 2. The van der Waals surface area contributed by atoms with Gasteiger partial charge in [-0.05, 0) is 54.4 Å². The number of rotatable bonds is 4. The quantitative estimate of drug-likeness (QED) is 0.693. The second kappa shape index (κ2) is 6.49. The molecule has 0 N–H and O–H groups in total. The summed E-state index contributed by atoms with van der Waals surface area (Å²) in [5.74, 6) is 0.0762. The van der Waals surface area contributed by atoms with Crippen LogP contribution < -0.4 is 0 Å². The predicted molar refractivity (Wildman–Crippen MR) is 97.7 cm³/mol. The summed E-state index contributed by atoms with van der Waals surface area (Å²) in [5, 5.41) is 0. The molecule has 0 aromatic heterocycles. The molecule has 1 fully saturated rings. The van der Waals surface area contributed by atoms with Gasteiger partial charge in [0.15, 0.2) is 23.9 Å². The van der Waals surface area contributed by atoms with Crippen molar-refractivity contribution in [2.45, 2.75) is 77.7 Å². The minimum Gasteiger partial charge on any atom is -0.477 e. The van der Waals surface area contributed by atoms with Gasteiger partial charge in [-0.3, -0.25) is 0 Å². The Labute approximate surface area is 159 Å². The lowest BCUT2D eigenvalue weighted by molar-refractivity contribution is -0.157. The molecule has 150 valence electrons. The zero-order chi connectivity index (χ0) is 20.0. The second-order valence-corrected chi connectivity index (χ2v) is 9.17. The van der Waals surface area contributed by atoms with Gasteiger partial charge in [0.05, 0.1) is 0 Å². The molecular formula is C19H28N2O6. The Morgan fingerprint density at radius 1 is 0.852 bits per heavy atom. The molecule has 0 bridgehead atoms. The van der Waals surface area contributed by atoms with Crippen molar-refractivity contribution in [3.8, 4) is 0 Å². The average Bonchev–Trinajstić information content (AvgIpc) is 2.98. The van der Waals surface area contributed by atoms with E-state index in [1.807, 2.05) is 41.5 Å². The van der Waals surface area contributed by atoms with Crippen LogP contribution >= 0.6 is 0 Å². The molecular weight excluding hydrogens is 352 g/mol. The van der Waals surface area contributed by atoms with E-state index in [4.69, 9.17) is 18.9 Å². The summed E-state index contributed by atoms with van der Waals surface area (Å²) >= 11 is 0. The van der Waals surface area contributed by atoms with Crippen molar-refractivity contribution in [3.05, 3.63) is 0 Å². The second-order valence-electron chi connectivity index (χ2n) is 9.17. The van der Waals surface area contributed by atoms with Crippen LogP contribution in [0.15, 0.2) is 9.98 Å². The van der Waals surface area contributed by atoms with Crippen LogP contribution in [0.5, 0.6) is 0 Å². The van der Waals surface area contributed by atoms with Crippen molar-refractivity contribution >= 4 is 23.7 Å². The Hall–Kier alpha value is -2.12. The monoisotopic (exact) mass is 380 g/mol. The van der Waals surface area contributed by atoms with Gasteiger partial charge >= 0.3 is 11.9 Å². The Morgan fingerprint density at radius 2 is 1.22 bits per heavy atom. The summed E-state index contributed by atoms with van der Waals surface area (Å²) < 4.78 is 22.1. The molecule has 3 aliphatic rings. The Bertz CT molecular complexity index is 638. The smallest absolute Gasteiger partial charge is 0.335 e. The lowest BCUT2D eigenvalue weighted by Gasteiger charge is -2.20. The van der Waals surface area contributed by atoms with Gasteiger partial charge in [0.1, 0.15) is 29.8 Å². The Kier molecular flexibility index (Phi) is 4.72. The van der Waals surface area contributed by atoms with Gasteiger partial charge in [0.25, 0.3) is 0 Å². The van der Waals surface area contributed by atoms with Crippen molar-refractivity contribution < 1.29 is 28.5 Å². The normalized spacial score (nSPS) is 26.4. The van der Waals surface area contributed by atoms with Crippen LogP contribution in [0.25, 0.3) is 0 Å². The van der Waals surface area contributed by atoms with Crippen LogP contribution in [0, 0.1) is 5.41 Å².